The van der Waals surface area contributed by atoms with E-state index in [-0.39, 0.29) is 12.5 Å². The topological polar surface area (TPSA) is 86.7 Å². The fraction of sp³-hybridized carbons (Fsp3) is 0.500. The summed E-state index contributed by atoms with van der Waals surface area (Å²) in [5, 5.41) is 13.4. The van der Waals surface area contributed by atoms with E-state index in [1.54, 1.807) is 38.3 Å². The molecule has 2 amide bonds. The van der Waals surface area contributed by atoms with Gasteiger partial charge in [0, 0.05) is 7.05 Å². The van der Waals surface area contributed by atoms with Crippen molar-refractivity contribution in [3.63, 3.8) is 0 Å². The van der Waals surface area contributed by atoms with Crippen LogP contribution in [0.5, 0.6) is 0 Å². The van der Waals surface area contributed by atoms with Gasteiger partial charge in [-0.1, -0.05) is 26.8 Å². The van der Waals surface area contributed by atoms with Crippen LogP contribution in [-0.2, 0) is 9.59 Å². The van der Waals surface area contributed by atoms with Gasteiger partial charge in [0.15, 0.2) is 0 Å². The molecule has 2 N–H and O–H groups in total. The van der Waals surface area contributed by atoms with E-state index >= 15 is 0 Å². The molecule has 0 aliphatic carbocycles. The van der Waals surface area contributed by atoms with E-state index in [1.165, 1.54) is 23.3 Å². The normalized spacial score (nSPS) is 12.6. The predicted molar refractivity (Wildman–Crippen MR) is 80.3 cm³/mol. The maximum atomic E-state index is 12.0. The van der Waals surface area contributed by atoms with Crippen molar-refractivity contribution in [2.24, 2.45) is 5.41 Å². The van der Waals surface area contributed by atoms with Crippen LogP contribution < -0.4 is 5.32 Å². The summed E-state index contributed by atoms with van der Waals surface area (Å²) in [6.45, 7) is 5.00. The summed E-state index contributed by atoms with van der Waals surface area (Å²) in [6, 6.07) is 2.43. The lowest BCUT2D eigenvalue weighted by atomic mass is 9.87. The molecule has 0 bridgehead atoms. The number of rotatable bonds is 5. The Balaban J connectivity index is 2.64. The van der Waals surface area contributed by atoms with Gasteiger partial charge in [0.2, 0.25) is 5.91 Å². The number of thiophene rings is 1. The minimum Gasteiger partial charge on any atom is -0.480 e. The zero-order chi connectivity index (χ0) is 16.2. The maximum Gasteiger partial charge on any atom is 0.326 e. The second kappa shape index (κ2) is 6.71. The molecule has 0 saturated carbocycles. The average Bonchev–Trinajstić information content (AvgIpc) is 2.86. The highest BCUT2D eigenvalue weighted by Gasteiger charge is 2.32. The van der Waals surface area contributed by atoms with E-state index in [0.717, 1.165) is 0 Å². The van der Waals surface area contributed by atoms with E-state index in [0.29, 0.717) is 4.88 Å². The summed E-state index contributed by atoms with van der Waals surface area (Å²) in [5.74, 6) is -1.85. The molecule has 1 atom stereocenters. The first-order valence-corrected chi connectivity index (χ1v) is 7.32. The standard InChI is InChI=1S/C14H20N2O4S/c1-14(2,3)11(13(19)20)15-10(17)8-16(4)12(18)9-6-5-7-21-9/h5-7,11H,8H2,1-4H3,(H,15,17)(H,19,20). The van der Waals surface area contributed by atoms with Crippen LogP contribution >= 0.6 is 11.3 Å². The number of carboxylic acids is 1. The first kappa shape index (κ1) is 17.2. The van der Waals surface area contributed by atoms with Crippen LogP contribution in [-0.4, -0.2) is 47.4 Å². The third kappa shape index (κ3) is 4.86. The molecular formula is C14H20N2O4S. The van der Waals surface area contributed by atoms with E-state index in [4.69, 9.17) is 5.11 Å². The summed E-state index contributed by atoms with van der Waals surface area (Å²) in [5.41, 5.74) is -0.613. The van der Waals surface area contributed by atoms with Gasteiger partial charge in [-0.05, 0) is 16.9 Å². The Morgan fingerprint density at radius 2 is 2.00 bits per heavy atom. The number of nitrogens with zero attached hydrogens (tertiary/aromatic N) is 1. The van der Waals surface area contributed by atoms with Gasteiger partial charge in [-0.2, -0.15) is 0 Å². The Bertz CT molecular complexity index is 520. The molecule has 21 heavy (non-hydrogen) atoms. The molecule has 0 spiro atoms. The largest absolute Gasteiger partial charge is 0.480 e. The first-order valence-electron chi connectivity index (χ1n) is 6.44. The number of aliphatic carboxylic acids is 1. The van der Waals surface area contributed by atoms with Crippen LogP contribution in [0.2, 0.25) is 0 Å². The smallest absolute Gasteiger partial charge is 0.326 e. The van der Waals surface area contributed by atoms with Crippen molar-refractivity contribution in [2.45, 2.75) is 26.8 Å². The molecular weight excluding hydrogens is 292 g/mol. The van der Waals surface area contributed by atoms with Crippen molar-refractivity contribution in [2.75, 3.05) is 13.6 Å². The Morgan fingerprint density at radius 3 is 2.43 bits per heavy atom. The second-order valence-corrected chi connectivity index (χ2v) is 6.79. The Kier molecular flexibility index (Phi) is 5.48. The van der Waals surface area contributed by atoms with E-state index in [1.807, 2.05) is 0 Å². The van der Waals surface area contributed by atoms with Crippen molar-refractivity contribution in [3.8, 4) is 0 Å². The number of likely N-dealkylation sites (N-methyl/N-ethyl adjacent to an activating group) is 1. The number of carbonyl (C=O) groups is 3. The van der Waals surface area contributed by atoms with E-state index in [2.05, 4.69) is 5.32 Å². The molecule has 6 nitrogen and oxygen atoms in total. The fourth-order valence-electron chi connectivity index (χ4n) is 1.73. The summed E-state index contributed by atoms with van der Waals surface area (Å²) >= 11 is 1.29. The number of hydrogen-bond acceptors (Lipinski definition) is 4. The summed E-state index contributed by atoms with van der Waals surface area (Å²) in [6.07, 6.45) is 0. The quantitative estimate of drug-likeness (QED) is 0.861. The van der Waals surface area contributed by atoms with Gasteiger partial charge in [0.25, 0.3) is 5.91 Å². The van der Waals surface area contributed by atoms with Gasteiger partial charge >= 0.3 is 5.97 Å². The van der Waals surface area contributed by atoms with Crippen LogP contribution in [0.3, 0.4) is 0 Å². The number of carboxylic acid groups (broad SMARTS) is 1. The minimum absolute atomic E-state index is 0.184. The molecule has 0 radical (unpaired) electrons. The average molecular weight is 312 g/mol. The Hall–Kier alpha value is -1.89. The molecule has 0 aliphatic heterocycles. The van der Waals surface area contributed by atoms with Crippen molar-refractivity contribution in [1.82, 2.24) is 10.2 Å². The zero-order valence-corrected chi connectivity index (χ0v) is 13.4. The lowest BCUT2D eigenvalue weighted by molar-refractivity contribution is -0.145. The first-order chi connectivity index (χ1) is 9.62. The van der Waals surface area contributed by atoms with Gasteiger partial charge in [0.05, 0.1) is 11.4 Å². The SMILES string of the molecule is CN(CC(=O)NC(C(=O)O)C(C)(C)C)C(=O)c1cccs1. The van der Waals surface area contributed by atoms with E-state index in [9.17, 15) is 14.4 Å². The molecule has 0 aromatic carbocycles. The van der Waals surface area contributed by atoms with Crippen LogP contribution in [0, 0.1) is 5.41 Å². The minimum atomic E-state index is -1.09. The molecule has 0 aliphatic rings. The van der Waals surface area contributed by atoms with Gasteiger partial charge < -0.3 is 15.3 Å². The number of amides is 2. The van der Waals surface area contributed by atoms with Gasteiger partial charge in [0.1, 0.15) is 6.04 Å². The molecule has 1 aromatic rings. The molecule has 1 unspecified atom stereocenters. The third-order valence-corrected chi connectivity index (χ3v) is 3.74. The third-order valence-electron chi connectivity index (χ3n) is 2.88. The Labute approximate surface area is 127 Å². The molecule has 1 rings (SSSR count). The highest BCUT2D eigenvalue weighted by Crippen LogP contribution is 2.19. The van der Waals surface area contributed by atoms with Crippen molar-refractivity contribution in [1.29, 1.82) is 0 Å². The number of hydrogen-bond donors (Lipinski definition) is 2. The predicted octanol–water partition coefficient (Wildman–Crippen LogP) is 1.44. The summed E-state index contributed by atoms with van der Waals surface area (Å²) < 4.78 is 0. The van der Waals surface area contributed by atoms with Crippen molar-refractivity contribution in [3.05, 3.63) is 22.4 Å². The van der Waals surface area contributed by atoms with Crippen molar-refractivity contribution < 1.29 is 19.5 Å². The molecule has 7 heteroatoms. The van der Waals surface area contributed by atoms with Gasteiger partial charge in [-0.15, -0.1) is 11.3 Å². The number of carbonyl (C=O) groups excluding carboxylic acids is 2. The van der Waals surface area contributed by atoms with Crippen LogP contribution in [0.15, 0.2) is 17.5 Å². The van der Waals surface area contributed by atoms with E-state index < -0.39 is 23.3 Å². The molecule has 1 aromatic heterocycles. The highest BCUT2D eigenvalue weighted by molar-refractivity contribution is 7.12. The second-order valence-electron chi connectivity index (χ2n) is 5.84. The Morgan fingerprint density at radius 1 is 1.38 bits per heavy atom. The molecule has 116 valence electrons. The zero-order valence-electron chi connectivity index (χ0n) is 12.5. The van der Waals surface area contributed by atoms with Crippen LogP contribution in [0.1, 0.15) is 30.4 Å². The molecule has 1 heterocycles. The highest BCUT2D eigenvalue weighted by atomic mass is 32.1. The molecule has 0 saturated heterocycles. The van der Waals surface area contributed by atoms with Crippen LogP contribution in [0.4, 0.5) is 0 Å². The molecule has 0 fully saturated rings. The van der Waals surface area contributed by atoms with Crippen molar-refractivity contribution >= 4 is 29.1 Å². The number of nitrogens with one attached hydrogen (secondary N) is 1. The van der Waals surface area contributed by atoms with Gasteiger partial charge in [-0.3, -0.25) is 9.59 Å². The summed E-state index contributed by atoms with van der Waals surface area (Å²) in [7, 11) is 1.51. The van der Waals surface area contributed by atoms with Gasteiger partial charge in [-0.25, -0.2) is 4.79 Å². The maximum absolute atomic E-state index is 12.0. The fourth-order valence-corrected chi connectivity index (χ4v) is 2.45. The van der Waals surface area contributed by atoms with Crippen LogP contribution in [0.25, 0.3) is 0 Å². The lowest BCUT2D eigenvalue weighted by Crippen LogP contribution is -2.51. The summed E-state index contributed by atoms with van der Waals surface area (Å²) in [4.78, 5) is 36.9. The monoisotopic (exact) mass is 312 g/mol. The lowest BCUT2D eigenvalue weighted by Gasteiger charge is -2.28.